The number of rotatable bonds is 1. The minimum Gasteiger partial charge on any atom is -0.508 e. The number of carbonyl (C=O) groups is 1. The topological polar surface area (TPSA) is 46.5 Å². The highest BCUT2D eigenvalue weighted by Gasteiger charge is 2.06. The third-order valence-electron chi connectivity index (χ3n) is 1.23. The zero-order valence-corrected chi connectivity index (χ0v) is 9.26. The van der Waals surface area contributed by atoms with E-state index in [4.69, 9.17) is 5.11 Å². The van der Waals surface area contributed by atoms with Crippen molar-refractivity contribution in [3.8, 4) is 5.75 Å². The molecule has 0 fully saturated rings. The third kappa shape index (κ3) is 2.32. The van der Waals surface area contributed by atoms with Crippen LogP contribution >= 0.6 is 32.1 Å². The Kier molecular flexibility index (Phi) is 3.29. The van der Waals surface area contributed by atoms with Gasteiger partial charge in [0, 0.05) is 3.57 Å². The largest absolute Gasteiger partial charge is 0.508 e. The first-order valence-electron chi connectivity index (χ1n) is 3.04. The quantitative estimate of drug-likeness (QED) is 0.636. The van der Waals surface area contributed by atoms with Crippen LogP contribution < -0.4 is 0 Å². The lowest BCUT2D eigenvalue weighted by molar-refractivity contribution is 0.0765. The van der Waals surface area contributed by atoms with Crippen LogP contribution in [0.25, 0.3) is 0 Å². The van der Waals surface area contributed by atoms with Crippen molar-refractivity contribution in [2.75, 3.05) is 0 Å². The minimum atomic E-state index is -0.478. The van der Waals surface area contributed by atoms with Crippen molar-refractivity contribution in [3.05, 3.63) is 27.3 Å². The van der Waals surface area contributed by atoms with Crippen molar-refractivity contribution < 1.29 is 14.4 Å². The van der Waals surface area contributed by atoms with Crippen LogP contribution in [0.15, 0.2) is 18.2 Å². The molecular formula is C7H6IO3P. The van der Waals surface area contributed by atoms with E-state index in [2.05, 4.69) is 4.52 Å². The zero-order chi connectivity index (χ0) is 9.14. The summed E-state index contributed by atoms with van der Waals surface area (Å²) in [5.74, 6) is -0.416. The van der Waals surface area contributed by atoms with Gasteiger partial charge in [-0.15, -0.1) is 0 Å². The van der Waals surface area contributed by atoms with Crippen LogP contribution in [-0.2, 0) is 4.52 Å². The smallest absolute Gasteiger partial charge is 0.340 e. The predicted molar refractivity (Wildman–Crippen MR) is 55.9 cm³/mol. The lowest BCUT2D eigenvalue weighted by Gasteiger charge is -2.00. The number of aromatic hydroxyl groups is 1. The lowest BCUT2D eigenvalue weighted by atomic mass is 10.2. The second kappa shape index (κ2) is 4.05. The van der Waals surface area contributed by atoms with Crippen LogP contribution in [0, 0.1) is 3.57 Å². The van der Waals surface area contributed by atoms with E-state index in [9.17, 15) is 4.79 Å². The fourth-order valence-corrected chi connectivity index (χ4v) is 1.55. The monoisotopic (exact) mass is 296 g/mol. The first-order valence-corrected chi connectivity index (χ1v) is 4.59. The number of carbonyl (C=O) groups excluding carboxylic acids is 1. The molecule has 1 N–H and O–H groups in total. The summed E-state index contributed by atoms with van der Waals surface area (Å²) in [6.45, 7) is 0. The molecular weight excluding hydrogens is 290 g/mol. The molecule has 0 aliphatic rings. The molecule has 5 heteroatoms. The number of benzene rings is 1. The van der Waals surface area contributed by atoms with Crippen molar-refractivity contribution in [1.29, 1.82) is 0 Å². The van der Waals surface area contributed by atoms with Gasteiger partial charge in [-0.2, -0.15) is 0 Å². The molecule has 0 radical (unpaired) electrons. The van der Waals surface area contributed by atoms with Crippen LogP contribution in [0.4, 0.5) is 0 Å². The Morgan fingerprint density at radius 3 is 2.67 bits per heavy atom. The van der Waals surface area contributed by atoms with Crippen LogP contribution in [-0.4, -0.2) is 11.1 Å². The number of hydrogen-bond donors (Lipinski definition) is 1. The molecule has 1 aromatic rings. The van der Waals surface area contributed by atoms with Crippen LogP contribution in [0.1, 0.15) is 10.4 Å². The normalized spacial score (nSPS) is 9.50. The van der Waals surface area contributed by atoms with E-state index in [-0.39, 0.29) is 5.75 Å². The Morgan fingerprint density at radius 1 is 1.50 bits per heavy atom. The van der Waals surface area contributed by atoms with Gasteiger partial charge in [0.15, 0.2) is 0 Å². The Bertz CT molecular complexity index is 293. The molecule has 0 aromatic heterocycles. The third-order valence-corrected chi connectivity index (χ3v) is 2.06. The van der Waals surface area contributed by atoms with Crippen molar-refractivity contribution in [1.82, 2.24) is 0 Å². The van der Waals surface area contributed by atoms with Crippen LogP contribution in [0.3, 0.4) is 0 Å². The first-order chi connectivity index (χ1) is 5.63. The summed E-state index contributed by atoms with van der Waals surface area (Å²) < 4.78 is 5.20. The molecule has 0 amide bonds. The van der Waals surface area contributed by atoms with Gasteiger partial charge in [0.25, 0.3) is 0 Å². The Morgan fingerprint density at radius 2 is 2.17 bits per heavy atom. The summed E-state index contributed by atoms with van der Waals surface area (Å²) in [5, 5.41) is 9.12. The SMILES string of the molecule is O=C(OP)c1cc(O)cc(I)c1. The molecule has 0 saturated carbocycles. The summed E-state index contributed by atoms with van der Waals surface area (Å²) in [5.41, 5.74) is 0.342. The van der Waals surface area contributed by atoms with E-state index in [0.717, 1.165) is 3.57 Å². The van der Waals surface area contributed by atoms with Gasteiger partial charge in [-0.05, 0) is 40.8 Å². The Labute approximate surface area is 85.5 Å². The zero-order valence-electron chi connectivity index (χ0n) is 5.95. The Balaban J connectivity index is 3.08. The number of halogens is 1. The highest BCUT2D eigenvalue weighted by atomic mass is 127. The van der Waals surface area contributed by atoms with E-state index in [0.29, 0.717) is 5.56 Å². The number of phenolic OH excluding ortho intramolecular Hbond substituents is 1. The Hall–Kier alpha value is -0.350. The summed E-state index contributed by atoms with van der Waals surface area (Å²) in [6, 6.07) is 4.54. The van der Waals surface area contributed by atoms with Gasteiger partial charge in [-0.3, -0.25) is 0 Å². The van der Waals surface area contributed by atoms with E-state index >= 15 is 0 Å². The molecule has 1 atom stereocenters. The molecule has 1 aromatic carbocycles. The van der Waals surface area contributed by atoms with Gasteiger partial charge in [-0.1, -0.05) is 0 Å². The van der Waals surface area contributed by atoms with Gasteiger partial charge in [0.2, 0.25) is 0 Å². The summed E-state index contributed by atoms with van der Waals surface area (Å²) in [4.78, 5) is 11.0. The lowest BCUT2D eigenvalue weighted by Crippen LogP contribution is -1.97. The highest BCUT2D eigenvalue weighted by Crippen LogP contribution is 2.18. The van der Waals surface area contributed by atoms with Gasteiger partial charge in [0.05, 0.1) is 15.0 Å². The standard InChI is InChI=1S/C7H6IO3P/c8-5-1-4(7(10)11-12)2-6(9)3-5/h1-3,9H,12H2. The minimum absolute atomic E-state index is 0.0623. The molecule has 64 valence electrons. The van der Waals surface area contributed by atoms with Crippen molar-refractivity contribution in [2.45, 2.75) is 0 Å². The molecule has 0 aliphatic heterocycles. The number of hydrogen-bond acceptors (Lipinski definition) is 3. The maximum absolute atomic E-state index is 11.0. The average molecular weight is 296 g/mol. The number of phenols is 1. The van der Waals surface area contributed by atoms with Crippen LogP contribution in [0.5, 0.6) is 5.75 Å². The summed E-state index contributed by atoms with van der Waals surface area (Å²) in [6.07, 6.45) is 0. The maximum atomic E-state index is 11.0. The van der Waals surface area contributed by atoms with E-state index in [1.165, 1.54) is 6.07 Å². The van der Waals surface area contributed by atoms with E-state index < -0.39 is 5.97 Å². The van der Waals surface area contributed by atoms with Crippen molar-refractivity contribution in [3.63, 3.8) is 0 Å². The molecule has 0 bridgehead atoms. The highest BCUT2D eigenvalue weighted by molar-refractivity contribution is 14.1. The predicted octanol–water partition coefficient (Wildman–Crippen LogP) is 1.94. The van der Waals surface area contributed by atoms with Crippen molar-refractivity contribution in [2.24, 2.45) is 0 Å². The molecule has 0 heterocycles. The van der Waals surface area contributed by atoms with Gasteiger partial charge in [-0.25, -0.2) is 4.79 Å². The van der Waals surface area contributed by atoms with Gasteiger partial charge < -0.3 is 9.63 Å². The maximum Gasteiger partial charge on any atom is 0.340 e. The second-order valence-electron chi connectivity index (χ2n) is 2.10. The molecule has 3 nitrogen and oxygen atoms in total. The summed E-state index contributed by atoms with van der Waals surface area (Å²) in [7, 11) is 1.87. The molecule has 0 spiro atoms. The first kappa shape index (κ1) is 9.74. The van der Waals surface area contributed by atoms with E-state index in [1.54, 1.807) is 12.1 Å². The van der Waals surface area contributed by atoms with Crippen LogP contribution in [0.2, 0.25) is 0 Å². The molecule has 0 aliphatic carbocycles. The fraction of sp³-hybridized carbons (Fsp3) is 0. The van der Waals surface area contributed by atoms with Gasteiger partial charge in [0.1, 0.15) is 5.75 Å². The summed E-state index contributed by atoms with van der Waals surface area (Å²) >= 11 is 2.01. The van der Waals surface area contributed by atoms with Crippen molar-refractivity contribution >= 4 is 38.0 Å². The molecule has 0 saturated heterocycles. The molecule has 1 rings (SSSR count). The van der Waals surface area contributed by atoms with Gasteiger partial charge >= 0.3 is 5.97 Å². The van der Waals surface area contributed by atoms with E-state index in [1.807, 2.05) is 32.1 Å². The average Bonchev–Trinajstić information content (AvgIpc) is 2.01. The second-order valence-corrected chi connectivity index (χ2v) is 3.58. The molecule has 1 unspecified atom stereocenters. The fourth-order valence-electron chi connectivity index (χ4n) is 0.760. The molecule has 12 heavy (non-hydrogen) atoms.